The molecule has 1 atom stereocenters. The number of unbranched alkanes of at least 4 members (excludes halogenated alkanes) is 1. The number of hydrogen-bond acceptors (Lipinski definition) is 3. The zero-order valence-electron chi connectivity index (χ0n) is 13.6. The standard InChI is InChI=1S/C15H31N3O2/c1-11(2)10-17-15(20)14(18-13(5)19)8-6-7-9-16-12(3)4/h11-12,14,16H,6-10H2,1-5H3,(H,17,20)(H,18,19)/t14-/m0/s1. The van der Waals surface area contributed by atoms with Crippen molar-refractivity contribution in [2.45, 2.75) is 66.0 Å². The van der Waals surface area contributed by atoms with Crippen molar-refractivity contribution in [3.05, 3.63) is 0 Å². The summed E-state index contributed by atoms with van der Waals surface area (Å²) in [5, 5.41) is 8.95. The van der Waals surface area contributed by atoms with Crippen molar-refractivity contribution < 1.29 is 9.59 Å². The highest BCUT2D eigenvalue weighted by molar-refractivity contribution is 5.86. The summed E-state index contributed by atoms with van der Waals surface area (Å²) < 4.78 is 0. The van der Waals surface area contributed by atoms with E-state index in [1.165, 1.54) is 6.92 Å². The zero-order valence-corrected chi connectivity index (χ0v) is 13.6. The summed E-state index contributed by atoms with van der Waals surface area (Å²) in [7, 11) is 0. The zero-order chi connectivity index (χ0) is 15.5. The normalized spacial score (nSPS) is 12.6. The lowest BCUT2D eigenvalue weighted by Crippen LogP contribution is -2.46. The van der Waals surface area contributed by atoms with E-state index in [0.717, 1.165) is 19.4 Å². The largest absolute Gasteiger partial charge is 0.354 e. The van der Waals surface area contributed by atoms with Crippen LogP contribution in [0.4, 0.5) is 0 Å². The van der Waals surface area contributed by atoms with E-state index in [-0.39, 0.29) is 11.8 Å². The van der Waals surface area contributed by atoms with Gasteiger partial charge in [0.15, 0.2) is 0 Å². The van der Waals surface area contributed by atoms with Gasteiger partial charge in [-0.05, 0) is 31.7 Å². The Bertz CT molecular complexity index is 291. The molecule has 0 saturated carbocycles. The second kappa shape index (κ2) is 10.7. The van der Waals surface area contributed by atoms with Crippen molar-refractivity contribution in [1.29, 1.82) is 0 Å². The molecule has 0 fully saturated rings. The van der Waals surface area contributed by atoms with E-state index in [0.29, 0.717) is 24.9 Å². The Kier molecular flexibility index (Phi) is 10.1. The van der Waals surface area contributed by atoms with Crippen molar-refractivity contribution in [1.82, 2.24) is 16.0 Å². The SMILES string of the molecule is CC(=O)N[C@@H](CCCCNC(C)C)C(=O)NCC(C)C. The molecule has 0 aromatic rings. The fraction of sp³-hybridized carbons (Fsp3) is 0.867. The maximum Gasteiger partial charge on any atom is 0.242 e. The average molecular weight is 285 g/mol. The Morgan fingerprint density at radius 3 is 2.20 bits per heavy atom. The van der Waals surface area contributed by atoms with E-state index in [9.17, 15) is 9.59 Å². The fourth-order valence-electron chi connectivity index (χ4n) is 1.81. The van der Waals surface area contributed by atoms with Gasteiger partial charge in [-0.3, -0.25) is 9.59 Å². The molecule has 5 nitrogen and oxygen atoms in total. The second-order valence-corrected chi connectivity index (χ2v) is 6.00. The third-order valence-corrected chi connectivity index (χ3v) is 2.85. The summed E-state index contributed by atoms with van der Waals surface area (Å²) in [6, 6.07) is 0.0702. The van der Waals surface area contributed by atoms with Gasteiger partial charge >= 0.3 is 0 Å². The highest BCUT2D eigenvalue weighted by Gasteiger charge is 2.18. The topological polar surface area (TPSA) is 70.2 Å². The van der Waals surface area contributed by atoms with Crippen LogP contribution in [-0.2, 0) is 9.59 Å². The van der Waals surface area contributed by atoms with Gasteiger partial charge in [-0.2, -0.15) is 0 Å². The van der Waals surface area contributed by atoms with Gasteiger partial charge < -0.3 is 16.0 Å². The number of nitrogens with one attached hydrogen (secondary N) is 3. The van der Waals surface area contributed by atoms with Gasteiger partial charge in [0, 0.05) is 19.5 Å². The molecule has 0 spiro atoms. The van der Waals surface area contributed by atoms with Crippen molar-refractivity contribution in [2.75, 3.05) is 13.1 Å². The van der Waals surface area contributed by atoms with Crippen LogP contribution in [0.5, 0.6) is 0 Å². The molecular formula is C15H31N3O2. The van der Waals surface area contributed by atoms with Crippen molar-refractivity contribution >= 4 is 11.8 Å². The minimum absolute atomic E-state index is 0.0780. The number of amides is 2. The molecule has 118 valence electrons. The lowest BCUT2D eigenvalue weighted by Gasteiger charge is -2.18. The van der Waals surface area contributed by atoms with E-state index in [2.05, 4.69) is 29.8 Å². The van der Waals surface area contributed by atoms with Crippen LogP contribution in [-0.4, -0.2) is 37.0 Å². The molecule has 20 heavy (non-hydrogen) atoms. The van der Waals surface area contributed by atoms with Gasteiger partial charge in [-0.25, -0.2) is 0 Å². The van der Waals surface area contributed by atoms with Crippen LogP contribution in [0.25, 0.3) is 0 Å². The summed E-state index contributed by atoms with van der Waals surface area (Å²) in [5.41, 5.74) is 0. The molecular weight excluding hydrogens is 254 g/mol. The monoisotopic (exact) mass is 285 g/mol. The third-order valence-electron chi connectivity index (χ3n) is 2.85. The van der Waals surface area contributed by atoms with Crippen molar-refractivity contribution in [2.24, 2.45) is 5.92 Å². The molecule has 0 heterocycles. The number of hydrogen-bond donors (Lipinski definition) is 3. The van der Waals surface area contributed by atoms with Gasteiger partial charge in [0.1, 0.15) is 6.04 Å². The minimum atomic E-state index is -0.412. The highest BCUT2D eigenvalue weighted by atomic mass is 16.2. The molecule has 0 unspecified atom stereocenters. The Morgan fingerprint density at radius 2 is 1.70 bits per heavy atom. The van der Waals surface area contributed by atoms with E-state index >= 15 is 0 Å². The molecule has 0 saturated heterocycles. The number of rotatable bonds is 10. The van der Waals surface area contributed by atoms with Crippen LogP contribution in [0.15, 0.2) is 0 Å². The van der Waals surface area contributed by atoms with Crippen LogP contribution >= 0.6 is 0 Å². The molecule has 2 amide bonds. The Balaban J connectivity index is 4.07. The molecule has 5 heteroatoms. The van der Waals surface area contributed by atoms with Crippen LogP contribution in [0.3, 0.4) is 0 Å². The van der Waals surface area contributed by atoms with Gasteiger partial charge in [0.2, 0.25) is 11.8 Å². The maximum absolute atomic E-state index is 12.0. The lowest BCUT2D eigenvalue weighted by molar-refractivity contribution is -0.128. The smallest absolute Gasteiger partial charge is 0.242 e. The summed E-state index contributed by atoms with van der Waals surface area (Å²) >= 11 is 0. The van der Waals surface area contributed by atoms with Gasteiger partial charge in [-0.15, -0.1) is 0 Å². The molecule has 0 aliphatic rings. The Labute approximate surface area is 123 Å². The van der Waals surface area contributed by atoms with Gasteiger partial charge in [0.25, 0.3) is 0 Å². The van der Waals surface area contributed by atoms with Gasteiger partial charge in [-0.1, -0.05) is 27.7 Å². The first-order valence-corrected chi connectivity index (χ1v) is 7.61. The summed E-state index contributed by atoms with van der Waals surface area (Å²) in [4.78, 5) is 23.2. The molecule has 0 aromatic heterocycles. The first-order valence-electron chi connectivity index (χ1n) is 7.61. The second-order valence-electron chi connectivity index (χ2n) is 6.00. The lowest BCUT2D eigenvalue weighted by atomic mass is 10.1. The first kappa shape index (κ1) is 18.9. The molecule has 0 rings (SSSR count). The average Bonchev–Trinajstić information content (AvgIpc) is 2.33. The van der Waals surface area contributed by atoms with Crippen LogP contribution < -0.4 is 16.0 Å². The van der Waals surface area contributed by atoms with E-state index in [1.807, 2.05) is 13.8 Å². The highest BCUT2D eigenvalue weighted by Crippen LogP contribution is 2.02. The predicted molar refractivity (Wildman–Crippen MR) is 82.4 cm³/mol. The van der Waals surface area contributed by atoms with E-state index < -0.39 is 6.04 Å². The number of carbonyl (C=O) groups is 2. The van der Waals surface area contributed by atoms with Crippen LogP contribution in [0.2, 0.25) is 0 Å². The molecule has 0 radical (unpaired) electrons. The quantitative estimate of drug-likeness (QED) is 0.532. The minimum Gasteiger partial charge on any atom is -0.354 e. The first-order chi connectivity index (χ1) is 9.32. The molecule has 0 aliphatic carbocycles. The van der Waals surface area contributed by atoms with E-state index in [1.54, 1.807) is 0 Å². The predicted octanol–water partition coefficient (Wildman–Crippen LogP) is 1.43. The molecule has 0 aromatic carbocycles. The van der Waals surface area contributed by atoms with E-state index in [4.69, 9.17) is 0 Å². The molecule has 3 N–H and O–H groups in total. The summed E-state index contributed by atoms with van der Waals surface area (Å²) in [6.07, 6.45) is 2.61. The Morgan fingerprint density at radius 1 is 1.05 bits per heavy atom. The van der Waals surface area contributed by atoms with Crippen LogP contribution in [0, 0.1) is 5.92 Å². The molecule has 0 aliphatic heterocycles. The third kappa shape index (κ3) is 10.8. The number of carbonyl (C=O) groups excluding carboxylic acids is 2. The van der Waals surface area contributed by atoms with Gasteiger partial charge in [0.05, 0.1) is 0 Å². The summed E-state index contributed by atoms with van der Waals surface area (Å²) in [6.45, 7) is 11.3. The van der Waals surface area contributed by atoms with Crippen molar-refractivity contribution in [3.8, 4) is 0 Å². The summed E-state index contributed by atoms with van der Waals surface area (Å²) in [5.74, 6) is 0.174. The van der Waals surface area contributed by atoms with Crippen molar-refractivity contribution in [3.63, 3.8) is 0 Å². The van der Waals surface area contributed by atoms with Crippen LogP contribution in [0.1, 0.15) is 53.9 Å². The maximum atomic E-state index is 12.0. The Hall–Kier alpha value is -1.10. The molecule has 0 bridgehead atoms. The fourth-order valence-corrected chi connectivity index (χ4v) is 1.81.